The Balaban J connectivity index is 1.96. The van der Waals surface area contributed by atoms with E-state index in [4.69, 9.17) is 4.74 Å². The summed E-state index contributed by atoms with van der Waals surface area (Å²) in [4.78, 5) is 2.07. The summed E-state index contributed by atoms with van der Waals surface area (Å²) in [5, 5.41) is 3.26. The smallest absolute Gasteiger partial charge is 0.150 e. The second kappa shape index (κ2) is 6.75. The minimum Gasteiger partial charge on any atom is -0.493 e. The first-order valence-corrected chi connectivity index (χ1v) is 7.05. The third-order valence-electron chi connectivity index (χ3n) is 3.34. The molecule has 0 aliphatic carbocycles. The number of ether oxygens (including phenoxy) is 1. The van der Waals surface area contributed by atoms with Gasteiger partial charge in [0.2, 0.25) is 0 Å². The molecule has 2 rings (SSSR count). The summed E-state index contributed by atoms with van der Waals surface area (Å²) in [6, 6.07) is 5.18. The third-order valence-corrected chi connectivity index (χ3v) is 3.34. The molecular formula is C15H23FN2O. The van der Waals surface area contributed by atoms with Crippen molar-refractivity contribution in [3.8, 4) is 5.75 Å². The van der Waals surface area contributed by atoms with Crippen LogP contribution in [-0.4, -0.2) is 32.8 Å². The van der Waals surface area contributed by atoms with Crippen molar-refractivity contribution < 1.29 is 9.13 Å². The molecule has 1 heterocycles. The number of rotatable bonds is 5. The van der Waals surface area contributed by atoms with Gasteiger partial charge < -0.3 is 15.0 Å². The molecule has 4 heteroatoms. The summed E-state index contributed by atoms with van der Waals surface area (Å²) < 4.78 is 19.6. The molecule has 0 saturated carbocycles. The Morgan fingerprint density at radius 2 is 2.05 bits per heavy atom. The summed E-state index contributed by atoms with van der Waals surface area (Å²) in [7, 11) is 0. The number of benzene rings is 1. The van der Waals surface area contributed by atoms with Crippen LogP contribution >= 0.6 is 0 Å². The number of nitrogens with zero attached hydrogens (tertiary/aromatic N) is 1. The predicted octanol–water partition coefficient (Wildman–Crippen LogP) is 2.66. The molecule has 0 radical (unpaired) electrons. The van der Waals surface area contributed by atoms with Crippen LogP contribution in [0.5, 0.6) is 5.75 Å². The first-order chi connectivity index (χ1) is 9.16. The summed E-state index contributed by atoms with van der Waals surface area (Å²) in [6.45, 7) is 8.46. The Hall–Kier alpha value is -1.29. The molecule has 1 N–H and O–H groups in total. The molecule has 1 aliphatic rings. The van der Waals surface area contributed by atoms with E-state index in [0.717, 1.165) is 32.6 Å². The predicted molar refractivity (Wildman–Crippen MR) is 76.4 cm³/mol. The number of anilines is 1. The van der Waals surface area contributed by atoms with Gasteiger partial charge in [-0.15, -0.1) is 0 Å². The largest absolute Gasteiger partial charge is 0.493 e. The first kappa shape index (κ1) is 14.1. The van der Waals surface area contributed by atoms with Gasteiger partial charge in [0, 0.05) is 32.2 Å². The lowest BCUT2D eigenvalue weighted by Gasteiger charge is -2.29. The number of hydrogen-bond acceptors (Lipinski definition) is 3. The Morgan fingerprint density at radius 3 is 2.68 bits per heavy atom. The monoisotopic (exact) mass is 266 g/mol. The number of nitrogens with one attached hydrogen (secondary N) is 1. The number of halogens is 1. The van der Waals surface area contributed by atoms with Gasteiger partial charge in [0.15, 0.2) is 0 Å². The lowest BCUT2D eigenvalue weighted by molar-refractivity contribution is 0.288. The summed E-state index contributed by atoms with van der Waals surface area (Å²) in [6.07, 6.45) is 0.987. The molecule has 106 valence electrons. The van der Waals surface area contributed by atoms with Gasteiger partial charge in [-0.1, -0.05) is 13.8 Å². The van der Waals surface area contributed by atoms with Gasteiger partial charge in [-0.3, -0.25) is 0 Å². The lowest BCUT2D eigenvalue weighted by Crippen LogP contribution is -2.43. The second-order valence-electron chi connectivity index (χ2n) is 5.38. The molecule has 1 saturated heterocycles. The van der Waals surface area contributed by atoms with E-state index >= 15 is 0 Å². The lowest BCUT2D eigenvalue weighted by atomic mass is 10.1. The highest BCUT2D eigenvalue weighted by molar-refractivity contribution is 5.51. The van der Waals surface area contributed by atoms with Crippen molar-refractivity contribution in [3.05, 3.63) is 24.0 Å². The summed E-state index contributed by atoms with van der Waals surface area (Å²) in [5.74, 6) is 1.03. The standard InChI is InChI=1S/C15H23FN2O/c1-12(2)5-10-19-13-3-4-15(14(16)11-13)18-8-6-17-7-9-18/h3-4,11-12,17H,5-10H2,1-2H3. The Kier molecular flexibility index (Phi) is 5.02. The van der Waals surface area contributed by atoms with Crippen LogP contribution in [-0.2, 0) is 0 Å². The summed E-state index contributed by atoms with van der Waals surface area (Å²) in [5.41, 5.74) is 0.678. The normalized spacial score (nSPS) is 15.9. The molecule has 1 aromatic rings. The van der Waals surface area contributed by atoms with Crippen molar-refractivity contribution in [3.63, 3.8) is 0 Å². The highest BCUT2D eigenvalue weighted by atomic mass is 19.1. The molecule has 0 unspecified atom stereocenters. The van der Waals surface area contributed by atoms with Crippen molar-refractivity contribution in [1.82, 2.24) is 5.32 Å². The van der Waals surface area contributed by atoms with Crippen LogP contribution in [0.1, 0.15) is 20.3 Å². The van der Waals surface area contributed by atoms with Crippen LogP contribution in [0.25, 0.3) is 0 Å². The van der Waals surface area contributed by atoms with Crippen LogP contribution in [0.15, 0.2) is 18.2 Å². The van der Waals surface area contributed by atoms with Crippen molar-refractivity contribution in [2.45, 2.75) is 20.3 Å². The molecule has 0 bridgehead atoms. The molecule has 3 nitrogen and oxygen atoms in total. The maximum absolute atomic E-state index is 14.1. The van der Waals surface area contributed by atoms with Crippen LogP contribution in [0.3, 0.4) is 0 Å². The zero-order valence-corrected chi connectivity index (χ0v) is 11.8. The van der Waals surface area contributed by atoms with Crippen molar-refractivity contribution >= 4 is 5.69 Å². The highest BCUT2D eigenvalue weighted by Gasteiger charge is 2.14. The molecule has 0 aromatic heterocycles. The zero-order valence-electron chi connectivity index (χ0n) is 11.8. The minimum absolute atomic E-state index is 0.191. The fourth-order valence-electron chi connectivity index (χ4n) is 2.15. The molecule has 0 spiro atoms. The average molecular weight is 266 g/mol. The van der Waals surface area contributed by atoms with Crippen LogP contribution in [0.2, 0.25) is 0 Å². The van der Waals surface area contributed by atoms with E-state index in [9.17, 15) is 4.39 Å². The molecule has 1 fully saturated rings. The zero-order chi connectivity index (χ0) is 13.7. The fourth-order valence-corrected chi connectivity index (χ4v) is 2.15. The Labute approximate surface area is 114 Å². The van der Waals surface area contributed by atoms with Crippen LogP contribution in [0.4, 0.5) is 10.1 Å². The van der Waals surface area contributed by atoms with E-state index in [1.807, 2.05) is 12.1 Å². The van der Waals surface area contributed by atoms with Gasteiger partial charge in [0.1, 0.15) is 11.6 Å². The maximum atomic E-state index is 14.1. The van der Waals surface area contributed by atoms with Gasteiger partial charge >= 0.3 is 0 Å². The third kappa shape index (κ3) is 4.10. The van der Waals surface area contributed by atoms with E-state index in [0.29, 0.717) is 24.0 Å². The van der Waals surface area contributed by atoms with Crippen LogP contribution in [0, 0.1) is 11.7 Å². The van der Waals surface area contributed by atoms with E-state index in [-0.39, 0.29) is 5.82 Å². The quantitative estimate of drug-likeness (QED) is 0.886. The maximum Gasteiger partial charge on any atom is 0.150 e. The van der Waals surface area contributed by atoms with Gasteiger partial charge in [-0.2, -0.15) is 0 Å². The van der Waals surface area contributed by atoms with E-state index in [1.165, 1.54) is 6.07 Å². The molecule has 1 aromatic carbocycles. The molecule has 1 aliphatic heterocycles. The molecule has 19 heavy (non-hydrogen) atoms. The number of piperazine rings is 1. The molecule has 0 atom stereocenters. The van der Waals surface area contributed by atoms with Crippen molar-refractivity contribution in [2.24, 2.45) is 5.92 Å². The van der Waals surface area contributed by atoms with E-state index < -0.39 is 0 Å². The van der Waals surface area contributed by atoms with Crippen molar-refractivity contribution in [2.75, 3.05) is 37.7 Å². The molecular weight excluding hydrogens is 243 g/mol. The average Bonchev–Trinajstić information content (AvgIpc) is 2.39. The van der Waals surface area contributed by atoms with Crippen LogP contribution < -0.4 is 15.0 Å². The van der Waals surface area contributed by atoms with Gasteiger partial charge in [0.05, 0.1) is 12.3 Å². The van der Waals surface area contributed by atoms with Gasteiger partial charge in [-0.05, 0) is 24.5 Å². The second-order valence-corrected chi connectivity index (χ2v) is 5.38. The van der Waals surface area contributed by atoms with E-state index in [1.54, 1.807) is 0 Å². The summed E-state index contributed by atoms with van der Waals surface area (Å²) >= 11 is 0. The molecule has 0 amide bonds. The highest BCUT2D eigenvalue weighted by Crippen LogP contribution is 2.24. The number of hydrogen-bond donors (Lipinski definition) is 1. The minimum atomic E-state index is -0.191. The SMILES string of the molecule is CC(C)CCOc1ccc(N2CCNCC2)c(F)c1. The fraction of sp³-hybridized carbons (Fsp3) is 0.600. The first-order valence-electron chi connectivity index (χ1n) is 7.05. The van der Waals surface area contributed by atoms with Gasteiger partial charge in [-0.25, -0.2) is 4.39 Å². The Bertz CT molecular complexity index is 403. The Morgan fingerprint density at radius 1 is 1.32 bits per heavy atom. The van der Waals surface area contributed by atoms with Gasteiger partial charge in [0.25, 0.3) is 0 Å². The topological polar surface area (TPSA) is 24.5 Å². The van der Waals surface area contributed by atoms with Crippen molar-refractivity contribution in [1.29, 1.82) is 0 Å². The van der Waals surface area contributed by atoms with E-state index in [2.05, 4.69) is 24.1 Å².